The van der Waals surface area contributed by atoms with Gasteiger partial charge in [0.15, 0.2) is 0 Å². The van der Waals surface area contributed by atoms with Crippen molar-refractivity contribution in [1.29, 1.82) is 0 Å². The van der Waals surface area contributed by atoms with Crippen LogP contribution in [-0.4, -0.2) is 5.75 Å². The minimum atomic E-state index is 0.0226. The highest BCUT2D eigenvalue weighted by Gasteiger charge is 2.37. The van der Waals surface area contributed by atoms with Crippen molar-refractivity contribution in [3.05, 3.63) is 81.4 Å². The van der Waals surface area contributed by atoms with Crippen molar-refractivity contribution in [2.45, 2.75) is 97.8 Å². The molecule has 2 heteroatoms. The average molecular weight is 497 g/mol. The van der Waals surface area contributed by atoms with Crippen LogP contribution in [0.15, 0.2) is 71.0 Å². The van der Waals surface area contributed by atoms with E-state index in [0.717, 1.165) is 18.3 Å². The molecule has 0 saturated carbocycles. The SMILES string of the molecule is C=C(CC(CC)C(CC)CC)C(C)(C1=CCCS1)c1cccs1.CCCCCc1ccccc1. The van der Waals surface area contributed by atoms with Gasteiger partial charge in [-0.15, -0.1) is 23.1 Å². The normalized spacial score (nSPS) is 15.9. The number of thioether (sulfide) groups is 1. The number of rotatable bonds is 13. The van der Waals surface area contributed by atoms with E-state index in [2.05, 4.69) is 95.1 Å². The summed E-state index contributed by atoms with van der Waals surface area (Å²) in [6, 6.07) is 15.2. The largest absolute Gasteiger partial charge is 0.148 e. The zero-order valence-electron chi connectivity index (χ0n) is 22.4. The zero-order chi connectivity index (χ0) is 24.8. The molecule has 0 aliphatic carbocycles. The molecule has 2 atom stereocenters. The van der Waals surface area contributed by atoms with Gasteiger partial charge in [0.1, 0.15) is 0 Å². The fraction of sp³-hybridized carbons (Fsp3) is 0.562. The van der Waals surface area contributed by atoms with Gasteiger partial charge < -0.3 is 0 Å². The van der Waals surface area contributed by atoms with Crippen LogP contribution in [0.4, 0.5) is 0 Å². The van der Waals surface area contributed by atoms with Crippen LogP contribution in [0.1, 0.15) is 96.4 Å². The highest BCUT2D eigenvalue weighted by atomic mass is 32.2. The lowest BCUT2D eigenvalue weighted by molar-refractivity contribution is 0.295. The lowest BCUT2D eigenvalue weighted by atomic mass is 9.73. The Kier molecular flexibility index (Phi) is 13.4. The number of hydrogen-bond donors (Lipinski definition) is 0. The predicted octanol–water partition coefficient (Wildman–Crippen LogP) is 10.9. The molecule has 0 nitrogen and oxygen atoms in total. The second-order valence-corrected chi connectivity index (χ2v) is 11.9. The summed E-state index contributed by atoms with van der Waals surface area (Å²) in [5.41, 5.74) is 2.91. The summed E-state index contributed by atoms with van der Waals surface area (Å²) in [5, 5.41) is 2.21. The summed E-state index contributed by atoms with van der Waals surface area (Å²) in [7, 11) is 0. The number of aryl methyl sites for hydroxylation is 1. The molecule has 0 saturated heterocycles. The van der Waals surface area contributed by atoms with E-state index in [9.17, 15) is 0 Å². The molecule has 0 bridgehead atoms. The van der Waals surface area contributed by atoms with Gasteiger partial charge in [0.25, 0.3) is 0 Å². The van der Waals surface area contributed by atoms with Gasteiger partial charge in [0, 0.05) is 10.6 Å². The molecule has 2 unspecified atom stereocenters. The fourth-order valence-electron chi connectivity index (χ4n) is 5.14. The zero-order valence-corrected chi connectivity index (χ0v) is 24.1. The summed E-state index contributed by atoms with van der Waals surface area (Å²) in [4.78, 5) is 2.99. The smallest absolute Gasteiger partial charge is 0.0530 e. The van der Waals surface area contributed by atoms with Crippen LogP contribution in [0.3, 0.4) is 0 Å². The van der Waals surface area contributed by atoms with E-state index in [1.54, 1.807) is 0 Å². The van der Waals surface area contributed by atoms with Crippen molar-refractivity contribution in [1.82, 2.24) is 0 Å². The van der Waals surface area contributed by atoms with Gasteiger partial charge >= 0.3 is 0 Å². The second kappa shape index (κ2) is 15.7. The van der Waals surface area contributed by atoms with Gasteiger partial charge in [-0.3, -0.25) is 0 Å². The fourth-order valence-corrected chi connectivity index (χ4v) is 7.39. The number of unbranched alkanes of at least 4 members (excludes halogenated alkanes) is 2. The molecule has 0 amide bonds. The van der Waals surface area contributed by atoms with Crippen molar-refractivity contribution in [2.75, 3.05) is 5.75 Å². The van der Waals surface area contributed by atoms with Gasteiger partial charge in [-0.25, -0.2) is 0 Å². The topological polar surface area (TPSA) is 0 Å². The minimum absolute atomic E-state index is 0.0226. The Labute approximate surface area is 219 Å². The van der Waals surface area contributed by atoms with Crippen LogP contribution in [0.5, 0.6) is 0 Å². The molecule has 1 aliphatic rings. The first-order chi connectivity index (χ1) is 16.5. The van der Waals surface area contributed by atoms with Crippen LogP contribution in [0, 0.1) is 11.8 Å². The Morgan fingerprint density at radius 2 is 1.65 bits per heavy atom. The molecule has 0 spiro atoms. The van der Waals surface area contributed by atoms with Gasteiger partial charge in [-0.2, -0.15) is 0 Å². The second-order valence-electron chi connectivity index (χ2n) is 9.80. The summed E-state index contributed by atoms with van der Waals surface area (Å²) < 4.78 is 0. The van der Waals surface area contributed by atoms with E-state index in [1.165, 1.54) is 78.0 Å². The summed E-state index contributed by atoms with van der Waals surface area (Å²) in [5.74, 6) is 2.83. The Hall–Kier alpha value is -1.25. The molecule has 2 aromatic rings. The quantitative estimate of drug-likeness (QED) is 0.196. The molecule has 0 fully saturated rings. The molecule has 1 aliphatic heterocycles. The Morgan fingerprint density at radius 1 is 0.941 bits per heavy atom. The lowest BCUT2D eigenvalue weighted by Gasteiger charge is -2.36. The van der Waals surface area contributed by atoms with Crippen LogP contribution in [0.2, 0.25) is 0 Å². The third kappa shape index (κ3) is 8.16. The average Bonchev–Trinajstić information content (AvgIpc) is 3.60. The van der Waals surface area contributed by atoms with Crippen molar-refractivity contribution < 1.29 is 0 Å². The van der Waals surface area contributed by atoms with Crippen molar-refractivity contribution in [2.24, 2.45) is 11.8 Å². The Balaban J connectivity index is 0.000000310. The summed E-state index contributed by atoms with van der Waals surface area (Å²) in [6.45, 7) is 16.3. The Bertz CT molecular complexity index is 829. The molecule has 1 aromatic carbocycles. The van der Waals surface area contributed by atoms with Gasteiger partial charge in [0.05, 0.1) is 5.41 Å². The first kappa shape index (κ1) is 29.0. The third-order valence-electron chi connectivity index (χ3n) is 7.58. The minimum Gasteiger partial charge on any atom is -0.148 e. The molecular weight excluding hydrogens is 448 g/mol. The van der Waals surface area contributed by atoms with Gasteiger partial charge in [-0.1, -0.05) is 114 Å². The van der Waals surface area contributed by atoms with E-state index in [-0.39, 0.29) is 5.41 Å². The molecule has 0 N–H and O–H groups in total. The van der Waals surface area contributed by atoms with E-state index in [4.69, 9.17) is 0 Å². The number of benzene rings is 1. The van der Waals surface area contributed by atoms with Crippen molar-refractivity contribution in [3.63, 3.8) is 0 Å². The number of hydrogen-bond acceptors (Lipinski definition) is 2. The third-order valence-corrected chi connectivity index (χ3v) is 10.00. The maximum Gasteiger partial charge on any atom is 0.0530 e. The van der Waals surface area contributed by atoms with Crippen LogP contribution >= 0.6 is 23.1 Å². The van der Waals surface area contributed by atoms with E-state index < -0.39 is 0 Å². The van der Waals surface area contributed by atoms with Gasteiger partial charge in [-0.05, 0) is 66.4 Å². The first-order valence-electron chi connectivity index (χ1n) is 13.6. The van der Waals surface area contributed by atoms with Crippen molar-refractivity contribution >= 4 is 23.1 Å². The standard InChI is InChI=1S/C21H32S2.C11H16/c1-6-17(7-2)18(8-3)15-16(4)21(5,19-11-9-13-22-19)20-12-10-14-23-20;1-2-3-5-8-11-9-6-4-7-10-11/h9,11-13,17-18H,4,6-8,10,14-15H2,1-3,5H3;4,6-7,9-10H,2-3,5,8H2,1H3. The molecular formula is C32H48S2. The highest BCUT2D eigenvalue weighted by molar-refractivity contribution is 8.03. The monoisotopic (exact) mass is 496 g/mol. The molecule has 1 aromatic heterocycles. The number of allylic oxidation sites excluding steroid dienone is 3. The number of thiophene rings is 1. The molecule has 188 valence electrons. The highest BCUT2D eigenvalue weighted by Crippen LogP contribution is 2.50. The molecule has 2 heterocycles. The maximum absolute atomic E-state index is 4.62. The lowest BCUT2D eigenvalue weighted by Crippen LogP contribution is -2.27. The molecule has 3 rings (SSSR count). The van der Waals surface area contributed by atoms with E-state index >= 15 is 0 Å². The molecule has 34 heavy (non-hydrogen) atoms. The summed E-state index contributed by atoms with van der Waals surface area (Å²) >= 11 is 3.92. The summed E-state index contributed by atoms with van der Waals surface area (Å²) in [6.07, 6.45) is 13.9. The van der Waals surface area contributed by atoms with Crippen molar-refractivity contribution in [3.8, 4) is 0 Å². The van der Waals surface area contributed by atoms with Crippen LogP contribution in [-0.2, 0) is 11.8 Å². The predicted molar refractivity (Wildman–Crippen MR) is 158 cm³/mol. The van der Waals surface area contributed by atoms with E-state index in [0.29, 0.717) is 0 Å². The van der Waals surface area contributed by atoms with Gasteiger partial charge in [0.2, 0.25) is 0 Å². The van der Waals surface area contributed by atoms with E-state index in [1.807, 2.05) is 23.1 Å². The van der Waals surface area contributed by atoms with Crippen LogP contribution in [0.25, 0.3) is 0 Å². The molecule has 0 radical (unpaired) electrons. The Morgan fingerprint density at radius 3 is 2.18 bits per heavy atom. The van der Waals surface area contributed by atoms with Crippen LogP contribution < -0.4 is 0 Å². The maximum atomic E-state index is 4.62. The first-order valence-corrected chi connectivity index (χ1v) is 15.5.